The highest BCUT2D eigenvalue weighted by Gasteiger charge is 2.36. The van der Waals surface area contributed by atoms with Gasteiger partial charge in [-0.2, -0.15) is 13.2 Å². The van der Waals surface area contributed by atoms with Gasteiger partial charge >= 0.3 is 6.18 Å². The second kappa shape index (κ2) is 8.85. The van der Waals surface area contributed by atoms with Crippen LogP contribution in [0.5, 0.6) is 5.75 Å². The van der Waals surface area contributed by atoms with Gasteiger partial charge in [0, 0.05) is 24.6 Å². The first-order valence-electron chi connectivity index (χ1n) is 11.0. The molecule has 3 aromatic carbocycles. The number of halogens is 3. The molecule has 0 saturated carbocycles. The fourth-order valence-corrected chi connectivity index (χ4v) is 4.39. The molecule has 5 rings (SSSR count). The normalized spacial score (nSPS) is 16.4. The number of aromatic nitrogens is 2. The van der Waals surface area contributed by atoms with Crippen molar-refractivity contribution in [2.75, 3.05) is 18.1 Å². The van der Waals surface area contributed by atoms with Gasteiger partial charge in [-0.3, -0.25) is 4.79 Å². The third kappa shape index (κ3) is 4.35. The maximum Gasteiger partial charge on any atom is 0.416 e. The van der Waals surface area contributed by atoms with E-state index >= 15 is 0 Å². The molecule has 1 aromatic heterocycles. The second-order valence-electron chi connectivity index (χ2n) is 8.23. The van der Waals surface area contributed by atoms with E-state index in [0.717, 1.165) is 34.7 Å². The Morgan fingerprint density at radius 2 is 1.74 bits per heavy atom. The number of anilines is 1. The minimum absolute atomic E-state index is 0.180. The van der Waals surface area contributed by atoms with Crippen molar-refractivity contribution in [1.29, 1.82) is 0 Å². The van der Waals surface area contributed by atoms with Crippen LogP contribution >= 0.6 is 0 Å². The largest absolute Gasteiger partial charge is 0.492 e. The Balaban J connectivity index is 1.41. The lowest BCUT2D eigenvalue weighted by atomic mass is 10.1. The Morgan fingerprint density at radius 1 is 0.971 bits per heavy atom. The first kappa shape index (κ1) is 22.0. The molecule has 0 bridgehead atoms. The van der Waals surface area contributed by atoms with Gasteiger partial charge in [0.2, 0.25) is 5.91 Å². The first-order chi connectivity index (χ1) is 16.4. The number of hydrogen-bond acceptors (Lipinski definition) is 3. The SMILES string of the molecule is O=C1C[C@@H](c2nc3ccccc3n2CCOc2ccccc2)CN1c1cccc(C(F)(F)F)c1. The van der Waals surface area contributed by atoms with Crippen molar-refractivity contribution in [2.24, 2.45) is 0 Å². The number of carbonyl (C=O) groups excluding carboxylic acids is 1. The van der Waals surface area contributed by atoms with Crippen molar-refractivity contribution in [3.8, 4) is 5.75 Å². The van der Waals surface area contributed by atoms with Crippen LogP contribution in [0.1, 0.15) is 23.7 Å². The molecular formula is C26H22F3N3O2. The molecule has 1 aliphatic heterocycles. The van der Waals surface area contributed by atoms with Crippen LogP contribution in [0.2, 0.25) is 0 Å². The number of alkyl halides is 3. The molecule has 0 N–H and O–H groups in total. The molecule has 1 atom stereocenters. The fourth-order valence-electron chi connectivity index (χ4n) is 4.39. The highest BCUT2D eigenvalue weighted by Crippen LogP contribution is 2.36. The number of fused-ring (bicyclic) bond motifs is 1. The van der Waals surface area contributed by atoms with Gasteiger partial charge in [-0.05, 0) is 42.5 Å². The molecule has 1 fully saturated rings. The maximum absolute atomic E-state index is 13.2. The lowest BCUT2D eigenvalue weighted by Gasteiger charge is -2.19. The van der Waals surface area contributed by atoms with Crippen molar-refractivity contribution in [1.82, 2.24) is 9.55 Å². The zero-order valence-corrected chi connectivity index (χ0v) is 18.2. The first-order valence-corrected chi connectivity index (χ1v) is 11.0. The van der Waals surface area contributed by atoms with Gasteiger partial charge in [-0.1, -0.05) is 36.4 Å². The Bertz CT molecular complexity index is 1320. The summed E-state index contributed by atoms with van der Waals surface area (Å²) in [6.45, 7) is 1.21. The zero-order chi connectivity index (χ0) is 23.7. The number of amides is 1. The molecule has 0 spiro atoms. The third-order valence-electron chi connectivity index (χ3n) is 5.99. The van der Waals surface area contributed by atoms with Gasteiger partial charge in [-0.15, -0.1) is 0 Å². The zero-order valence-electron chi connectivity index (χ0n) is 18.2. The molecule has 34 heavy (non-hydrogen) atoms. The summed E-state index contributed by atoms with van der Waals surface area (Å²) in [6, 6.07) is 22.1. The van der Waals surface area contributed by atoms with Crippen LogP contribution in [0.25, 0.3) is 11.0 Å². The predicted octanol–water partition coefficient (Wildman–Crippen LogP) is 5.65. The quantitative estimate of drug-likeness (QED) is 0.370. The monoisotopic (exact) mass is 465 g/mol. The number of carbonyl (C=O) groups is 1. The molecule has 0 unspecified atom stereocenters. The third-order valence-corrected chi connectivity index (χ3v) is 5.99. The standard InChI is InChI=1S/C26H22F3N3O2/c27-26(28,29)19-7-6-8-20(16-19)32-17-18(15-24(32)33)25-30-22-11-4-5-12-23(22)31(25)13-14-34-21-9-2-1-3-10-21/h1-12,16,18H,13-15,17H2/t18-/m1/s1. The average Bonchev–Trinajstić information content (AvgIpc) is 3.40. The van der Waals surface area contributed by atoms with E-state index in [1.807, 2.05) is 59.2 Å². The summed E-state index contributed by atoms with van der Waals surface area (Å²) in [5.74, 6) is 1.04. The fraction of sp³-hybridized carbons (Fsp3) is 0.231. The number of nitrogens with zero attached hydrogens (tertiary/aromatic N) is 3. The van der Waals surface area contributed by atoms with E-state index in [2.05, 4.69) is 0 Å². The Morgan fingerprint density at radius 3 is 2.53 bits per heavy atom. The molecule has 5 nitrogen and oxygen atoms in total. The maximum atomic E-state index is 13.2. The van der Waals surface area contributed by atoms with Gasteiger partial charge in [-0.25, -0.2) is 4.98 Å². The van der Waals surface area contributed by atoms with E-state index < -0.39 is 11.7 Å². The van der Waals surface area contributed by atoms with Crippen molar-refractivity contribution < 1.29 is 22.7 Å². The molecule has 1 amide bonds. The molecule has 0 radical (unpaired) electrons. The Hall–Kier alpha value is -3.81. The van der Waals surface area contributed by atoms with Crippen molar-refractivity contribution in [3.05, 3.63) is 90.3 Å². The van der Waals surface area contributed by atoms with E-state index in [1.54, 1.807) is 0 Å². The molecule has 174 valence electrons. The molecule has 4 aromatic rings. The molecule has 2 heterocycles. The van der Waals surface area contributed by atoms with E-state index in [9.17, 15) is 18.0 Å². The highest BCUT2D eigenvalue weighted by atomic mass is 19.4. The van der Waals surface area contributed by atoms with E-state index in [-0.39, 0.29) is 30.5 Å². The van der Waals surface area contributed by atoms with Gasteiger partial charge in [0.1, 0.15) is 18.2 Å². The number of para-hydroxylation sites is 3. The number of imidazole rings is 1. The summed E-state index contributed by atoms with van der Waals surface area (Å²) >= 11 is 0. The van der Waals surface area contributed by atoms with Crippen molar-refractivity contribution in [3.63, 3.8) is 0 Å². The van der Waals surface area contributed by atoms with E-state index in [1.165, 1.54) is 17.0 Å². The molecular weight excluding hydrogens is 443 g/mol. The van der Waals surface area contributed by atoms with Crippen LogP contribution < -0.4 is 9.64 Å². The molecule has 8 heteroatoms. The Labute approximate surface area is 194 Å². The topological polar surface area (TPSA) is 47.4 Å². The van der Waals surface area contributed by atoms with Gasteiger partial charge in [0.25, 0.3) is 0 Å². The Kier molecular flexibility index (Phi) is 5.73. The summed E-state index contributed by atoms with van der Waals surface area (Å²) in [4.78, 5) is 19.0. The van der Waals surface area contributed by atoms with Gasteiger partial charge < -0.3 is 14.2 Å². The lowest BCUT2D eigenvalue weighted by Crippen LogP contribution is -2.25. The second-order valence-corrected chi connectivity index (χ2v) is 8.23. The summed E-state index contributed by atoms with van der Waals surface area (Å²) in [6.07, 6.45) is -4.29. The minimum atomic E-state index is -4.47. The predicted molar refractivity (Wildman–Crippen MR) is 123 cm³/mol. The van der Waals surface area contributed by atoms with Crippen molar-refractivity contribution in [2.45, 2.75) is 25.1 Å². The summed E-state index contributed by atoms with van der Waals surface area (Å²) in [7, 11) is 0. The summed E-state index contributed by atoms with van der Waals surface area (Å²) < 4.78 is 47.4. The number of ether oxygens (including phenoxy) is 1. The average molecular weight is 465 g/mol. The van der Waals surface area contributed by atoms with Crippen LogP contribution in [-0.2, 0) is 17.5 Å². The smallest absolute Gasteiger partial charge is 0.416 e. The van der Waals surface area contributed by atoms with Gasteiger partial charge in [0.05, 0.1) is 23.1 Å². The molecule has 0 aliphatic carbocycles. The van der Waals surface area contributed by atoms with Crippen molar-refractivity contribution >= 4 is 22.6 Å². The van der Waals surface area contributed by atoms with E-state index in [4.69, 9.17) is 9.72 Å². The van der Waals surface area contributed by atoms with Crippen LogP contribution in [-0.4, -0.2) is 28.6 Å². The number of hydrogen-bond donors (Lipinski definition) is 0. The van der Waals surface area contributed by atoms with Crippen LogP contribution in [0.15, 0.2) is 78.9 Å². The lowest BCUT2D eigenvalue weighted by molar-refractivity contribution is -0.137. The number of benzene rings is 3. The summed E-state index contributed by atoms with van der Waals surface area (Å²) in [5, 5.41) is 0. The van der Waals surface area contributed by atoms with Crippen LogP contribution in [0, 0.1) is 0 Å². The minimum Gasteiger partial charge on any atom is -0.492 e. The van der Waals surface area contributed by atoms with Crippen LogP contribution in [0.4, 0.5) is 18.9 Å². The molecule has 1 saturated heterocycles. The summed E-state index contributed by atoms with van der Waals surface area (Å²) in [5.41, 5.74) is 1.21. The molecule has 1 aliphatic rings. The highest BCUT2D eigenvalue weighted by molar-refractivity contribution is 5.96. The van der Waals surface area contributed by atoms with E-state index in [0.29, 0.717) is 13.2 Å². The van der Waals surface area contributed by atoms with Crippen LogP contribution in [0.3, 0.4) is 0 Å². The van der Waals surface area contributed by atoms with Gasteiger partial charge in [0.15, 0.2) is 0 Å². The number of rotatable bonds is 6.